The van der Waals surface area contributed by atoms with Crippen LogP contribution < -0.4 is 10.1 Å². The Bertz CT molecular complexity index is 354. The van der Waals surface area contributed by atoms with Crippen LogP contribution in [0.3, 0.4) is 0 Å². The van der Waals surface area contributed by atoms with Crippen LogP contribution in [0.5, 0.6) is 5.75 Å². The van der Waals surface area contributed by atoms with Crippen molar-refractivity contribution in [2.24, 2.45) is 0 Å². The van der Waals surface area contributed by atoms with Gasteiger partial charge in [0.1, 0.15) is 11.6 Å². The van der Waals surface area contributed by atoms with E-state index in [2.05, 4.69) is 5.32 Å². The van der Waals surface area contributed by atoms with E-state index in [4.69, 9.17) is 16.3 Å². The first-order chi connectivity index (χ1) is 6.24. The molecule has 0 amide bonds. The molecule has 1 aromatic carbocycles. The predicted octanol–water partition coefficient (Wildman–Crippen LogP) is 2.46. The Kier molecular flexibility index (Phi) is 2.04. The lowest BCUT2D eigenvalue weighted by atomic mass is 10.1. The third kappa shape index (κ3) is 1.23. The van der Waals surface area contributed by atoms with Crippen LogP contribution in [0.4, 0.5) is 10.1 Å². The van der Waals surface area contributed by atoms with Crippen molar-refractivity contribution in [3.05, 3.63) is 22.5 Å². The second-order valence-corrected chi connectivity index (χ2v) is 3.31. The number of anilines is 1. The first-order valence-electron chi connectivity index (χ1n) is 4.02. The highest BCUT2D eigenvalue weighted by atomic mass is 35.5. The molecule has 0 fully saturated rings. The molecule has 0 aromatic heterocycles. The van der Waals surface area contributed by atoms with E-state index in [1.807, 2.05) is 0 Å². The summed E-state index contributed by atoms with van der Waals surface area (Å²) >= 11 is 5.82. The van der Waals surface area contributed by atoms with Crippen molar-refractivity contribution < 1.29 is 9.13 Å². The van der Waals surface area contributed by atoms with E-state index >= 15 is 0 Å². The molecule has 0 spiro atoms. The monoisotopic (exact) mass is 201 g/mol. The van der Waals surface area contributed by atoms with Gasteiger partial charge in [0, 0.05) is 12.1 Å². The Morgan fingerprint density at radius 2 is 2.38 bits per heavy atom. The van der Waals surface area contributed by atoms with Crippen molar-refractivity contribution in [3.8, 4) is 5.75 Å². The number of fused-ring (bicyclic) bond motifs is 1. The maximum Gasteiger partial charge on any atom is 0.148 e. The van der Waals surface area contributed by atoms with Gasteiger partial charge in [-0.1, -0.05) is 11.6 Å². The molecule has 0 saturated heterocycles. The van der Waals surface area contributed by atoms with Crippen LogP contribution >= 0.6 is 11.6 Å². The minimum Gasteiger partial charge on any atom is -0.495 e. The molecule has 0 radical (unpaired) electrons. The second-order valence-electron chi connectivity index (χ2n) is 2.90. The standard InChI is InChI=1S/C9H9ClFNO/c1-13-9-5-2-3-12-8(5)7(11)4-6(9)10/h4,12H,2-3H2,1H3. The summed E-state index contributed by atoms with van der Waals surface area (Å²) in [4.78, 5) is 0. The zero-order chi connectivity index (χ0) is 9.42. The number of nitrogens with one attached hydrogen (secondary N) is 1. The lowest BCUT2D eigenvalue weighted by Crippen LogP contribution is -1.94. The molecule has 1 N–H and O–H groups in total. The SMILES string of the molecule is COc1c(Cl)cc(F)c2c1CCN2. The van der Waals surface area contributed by atoms with Gasteiger partial charge in [0.2, 0.25) is 0 Å². The van der Waals surface area contributed by atoms with Crippen molar-refractivity contribution in [3.63, 3.8) is 0 Å². The van der Waals surface area contributed by atoms with Gasteiger partial charge < -0.3 is 10.1 Å². The van der Waals surface area contributed by atoms with Crippen LogP contribution in [0.15, 0.2) is 6.07 Å². The van der Waals surface area contributed by atoms with Gasteiger partial charge >= 0.3 is 0 Å². The molecule has 1 aliphatic heterocycles. The summed E-state index contributed by atoms with van der Waals surface area (Å²) in [6.45, 7) is 0.739. The number of rotatable bonds is 1. The number of benzene rings is 1. The minimum atomic E-state index is -0.307. The van der Waals surface area contributed by atoms with Crippen LogP contribution in [-0.2, 0) is 6.42 Å². The van der Waals surface area contributed by atoms with E-state index in [9.17, 15) is 4.39 Å². The Hall–Kier alpha value is -0.960. The Labute approximate surface area is 80.7 Å². The smallest absolute Gasteiger partial charge is 0.148 e. The Morgan fingerprint density at radius 3 is 3.08 bits per heavy atom. The molecule has 2 nitrogen and oxygen atoms in total. The summed E-state index contributed by atoms with van der Waals surface area (Å²) in [5.41, 5.74) is 1.37. The van der Waals surface area contributed by atoms with Gasteiger partial charge in [0.05, 0.1) is 17.8 Å². The number of halogens is 2. The summed E-state index contributed by atoms with van der Waals surface area (Å²) in [5, 5.41) is 3.29. The van der Waals surface area contributed by atoms with Crippen LogP contribution in [0.2, 0.25) is 5.02 Å². The molecule has 70 valence electrons. The third-order valence-corrected chi connectivity index (χ3v) is 2.45. The van der Waals surface area contributed by atoms with Gasteiger partial charge in [-0.3, -0.25) is 0 Å². The van der Waals surface area contributed by atoms with Gasteiger partial charge in [-0.15, -0.1) is 0 Å². The fraction of sp³-hybridized carbons (Fsp3) is 0.333. The zero-order valence-corrected chi connectivity index (χ0v) is 7.91. The fourth-order valence-electron chi connectivity index (χ4n) is 1.61. The van der Waals surface area contributed by atoms with E-state index in [0.717, 1.165) is 18.5 Å². The molecule has 13 heavy (non-hydrogen) atoms. The third-order valence-electron chi connectivity index (χ3n) is 2.17. The highest BCUT2D eigenvalue weighted by molar-refractivity contribution is 6.32. The molecule has 0 unspecified atom stereocenters. The van der Waals surface area contributed by atoms with Crippen molar-refractivity contribution in [2.45, 2.75) is 6.42 Å². The fourth-order valence-corrected chi connectivity index (χ4v) is 1.90. The predicted molar refractivity (Wildman–Crippen MR) is 50.2 cm³/mol. The summed E-state index contributed by atoms with van der Waals surface area (Å²) < 4.78 is 18.4. The zero-order valence-electron chi connectivity index (χ0n) is 7.16. The van der Waals surface area contributed by atoms with Crippen LogP contribution in [-0.4, -0.2) is 13.7 Å². The van der Waals surface area contributed by atoms with Crippen LogP contribution in [0.25, 0.3) is 0 Å². The van der Waals surface area contributed by atoms with Crippen molar-refractivity contribution in [2.75, 3.05) is 19.0 Å². The topological polar surface area (TPSA) is 21.3 Å². The first-order valence-corrected chi connectivity index (χ1v) is 4.40. The lowest BCUT2D eigenvalue weighted by molar-refractivity contribution is 0.410. The van der Waals surface area contributed by atoms with E-state index < -0.39 is 0 Å². The average Bonchev–Trinajstić information content (AvgIpc) is 2.53. The molecule has 0 aliphatic carbocycles. The number of methoxy groups -OCH3 is 1. The van der Waals surface area contributed by atoms with Crippen molar-refractivity contribution >= 4 is 17.3 Å². The van der Waals surface area contributed by atoms with E-state index in [-0.39, 0.29) is 5.82 Å². The van der Waals surface area contributed by atoms with E-state index in [0.29, 0.717) is 16.5 Å². The molecular weight excluding hydrogens is 193 g/mol. The maximum atomic E-state index is 13.3. The van der Waals surface area contributed by atoms with Crippen LogP contribution in [0, 0.1) is 5.82 Å². The van der Waals surface area contributed by atoms with E-state index in [1.165, 1.54) is 13.2 Å². The van der Waals surface area contributed by atoms with Crippen LogP contribution in [0.1, 0.15) is 5.56 Å². The largest absolute Gasteiger partial charge is 0.495 e. The van der Waals surface area contributed by atoms with Crippen molar-refractivity contribution in [1.82, 2.24) is 0 Å². The minimum absolute atomic E-state index is 0.307. The Morgan fingerprint density at radius 1 is 1.62 bits per heavy atom. The highest BCUT2D eigenvalue weighted by Crippen LogP contribution is 2.38. The van der Waals surface area contributed by atoms with Crippen molar-refractivity contribution in [1.29, 1.82) is 0 Å². The maximum absolute atomic E-state index is 13.3. The first kappa shape index (κ1) is 8.63. The summed E-state index contributed by atoms with van der Waals surface area (Å²) in [6.07, 6.45) is 0.760. The molecule has 1 aliphatic rings. The number of ether oxygens (including phenoxy) is 1. The number of hydrogen-bond acceptors (Lipinski definition) is 2. The molecule has 2 rings (SSSR count). The highest BCUT2D eigenvalue weighted by Gasteiger charge is 2.21. The Balaban J connectivity index is 2.65. The van der Waals surface area contributed by atoms with Gasteiger partial charge in [-0.2, -0.15) is 0 Å². The normalized spacial score (nSPS) is 13.8. The van der Waals surface area contributed by atoms with Gasteiger partial charge in [0.15, 0.2) is 0 Å². The second kappa shape index (κ2) is 3.07. The van der Waals surface area contributed by atoms with Gasteiger partial charge in [-0.05, 0) is 12.5 Å². The molecule has 0 saturated carbocycles. The van der Waals surface area contributed by atoms with Gasteiger partial charge in [-0.25, -0.2) is 4.39 Å². The lowest BCUT2D eigenvalue weighted by Gasteiger charge is -2.09. The summed E-state index contributed by atoms with van der Waals surface area (Å²) in [5.74, 6) is 0.279. The molecule has 1 aromatic rings. The molecule has 4 heteroatoms. The molecular formula is C9H9ClFNO. The summed E-state index contributed by atoms with van der Waals surface area (Å²) in [7, 11) is 1.54. The van der Waals surface area contributed by atoms with E-state index in [1.54, 1.807) is 0 Å². The number of hydrogen-bond donors (Lipinski definition) is 1. The molecule has 1 heterocycles. The average molecular weight is 202 g/mol. The quantitative estimate of drug-likeness (QED) is 0.754. The molecule has 0 atom stereocenters. The van der Waals surface area contributed by atoms with Gasteiger partial charge in [0.25, 0.3) is 0 Å². The summed E-state index contributed by atoms with van der Waals surface area (Å²) in [6, 6.07) is 1.28. The molecule has 0 bridgehead atoms.